The highest BCUT2D eigenvalue weighted by Gasteiger charge is 2.21. The zero-order valence-corrected chi connectivity index (χ0v) is 14.5. The van der Waals surface area contributed by atoms with Crippen LogP contribution < -0.4 is 10.6 Å². The predicted octanol–water partition coefficient (Wildman–Crippen LogP) is 4.35. The fourth-order valence-corrected chi connectivity index (χ4v) is 3.03. The van der Waals surface area contributed by atoms with Crippen LogP contribution in [0.5, 0.6) is 0 Å². The van der Waals surface area contributed by atoms with Gasteiger partial charge in [0.1, 0.15) is 5.60 Å². The van der Waals surface area contributed by atoms with E-state index in [0.717, 1.165) is 25.2 Å². The van der Waals surface area contributed by atoms with Gasteiger partial charge in [0, 0.05) is 12.2 Å². The number of hydrogen-bond acceptors (Lipinski definition) is 3. The molecule has 1 heterocycles. The summed E-state index contributed by atoms with van der Waals surface area (Å²) in [5.74, 6) is 0. The van der Waals surface area contributed by atoms with E-state index < -0.39 is 11.7 Å². The molecule has 4 heteroatoms. The third kappa shape index (κ3) is 3.77. The maximum atomic E-state index is 12.1. The first kappa shape index (κ1) is 16.5. The average Bonchev–Trinajstić information content (AvgIpc) is 2.54. The molecule has 0 atom stereocenters. The van der Waals surface area contributed by atoms with Gasteiger partial charge in [-0.1, -0.05) is 36.4 Å². The number of carbonyl (C=O) groups excluding carboxylic acids is 1. The summed E-state index contributed by atoms with van der Waals surface area (Å²) in [7, 11) is 0. The molecule has 1 amide bonds. The van der Waals surface area contributed by atoms with E-state index in [1.54, 1.807) is 0 Å². The quantitative estimate of drug-likeness (QED) is 0.863. The molecular weight excluding hydrogens is 300 g/mol. The molecule has 0 radical (unpaired) electrons. The lowest BCUT2D eigenvalue weighted by molar-refractivity contribution is 0.0636. The highest BCUT2D eigenvalue weighted by atomic mass is 16.6. The number of rotatable bonds is 2. The van der Waals surface area contributed by atoms with Gasteiger partial charge >= 0.3 is 6.09 Å². The summed E-state index contributed by atoms with van der Waals surface area (Å²) in [6, 6.07) is 14.4. The Balaban J connectivity index is 1.94. The molecule has 1 aliphatic heterocycles. The second kappa shape index (κ2) is 6.65. The Kier molecular flexibility index (Phi) is 4.58. The Bertz CT molecular complexity index is 733. The summed E-state index contributed by atoms with van der Waals surface area (Å²) in [6.07, 6.45) is 0.483. The molecule has 0 aliphatic carbocycles. The molecule has 0 bridgehead atoms. The highest BCUT2D eigenvalue weighted by Crippen LogP contribution is 2.33. The molecule has 3 rings (SSSR count). The first-order valence-corrected chi connectivity index (χ1v) is 8.35. The second-order valence-corrected chi connectivity index (χ2v) is 7.04. The zero-order chi connectivity index (χ0) is 17.2. The standard InChI is InChI=1S/C20H24N2O2/c1-20(2,3)24-19(23)22-18-10-9-15(14-7-5-4-6-8-14)17-13-21-12-11-16(17)18/h4-10,21H,11-13H2,1-3H3,(H,22,23). The van der Waals surface area contributed by atoms with Crippen molar-refractivity contribution in [1.82, 2.24) is 5.32 Å². The minimum atomic E-state index is -0.504. The molecule has 0 saturated heterocycles. The largest absolute Gasteiger partial charge is 0.444 e. The summed E-state index contributed by atoms with van der Waals surface area (Å²) < 4.78 is 5.38. The molecule has 24 heavy (non-hydrogen) atoms. The van der Waals surface area contributed by atoms with E-state index in [-0.39, 0.29) is 0 Å². The summed E-state index contributed by atoms with van der Waals surface area (Å²) in [6.45, 7) is 7.32. The van der Waals surface area contributed by atoms with Crippen molar-refractivity contribution in [3.8, 4) is 11.1 Å². The van der Waals surface area contributed by atoms with Gasteiger partial charge in [0.25, 0.3) is 0 Å². The number of ether oxygens (including phenoxy) is 1. The molecule has 0 fully saturated rings. The van der Waals surface area contributed by atoms with Gasteiger partial charge in [-0.15, -0.1) is 0 Å². The van der Waals surface area contributed by atoms with Crippen molar-refractivity contribution in [3.63, 3.8) is 0 Å². The fourth-order valence-electron chi connectivity index (χ4n) is 3.03. The Morgan fingerprint density at radius 1 is 1.08 bits per heavy atom. The van der Waals surface area contributed by atoms with Crippen LogP contribution in [0.25, 0.3) is 11.1 Å². The van der Waals surface area contributed by atoms with Crippen molar-refractivity contribution in [3.05, 3.63) is 53.6 Å². The molecule has 4 nitrogen and oxygen atoms in total. The van der Waals surface area contributed by atoms with Gasteiger partial charge in [-0.2, -0.15) is 0 Å². The van der Waals surface area contributed by atoms with Gasteiger partial charge in [-0.05, 0) is 62.1 Å². The van der Waals surface area contributed by atoms with Crippen LogP contribution in [0.4, 0.5) is 10.5 Å². The lowest BCUT2D eigenvalue weighted by Gasteiger charge is -2.25. The number of nitrogens with one attached hydrogen (secondary N) is 2. The minimum absolute atomic E-state index is 0.407. The molecule has 126 valence electrons. The fraction of sp³-hybridized carbons (Fsp3) is 0.350. The molecule has 0 aromatic heterocycles. The summed E-state index contributed by atoms with van der Waals surface area (Å²) in [5.41, 5.74) is 5.20. The van der Waals surface area contributed by atoms with Crippen LogP contribution in [-0.2, 0) is 17.7 Å². The SMILES string of the molecule is CC(C)(C)OC(=O)Nc1ccc(-c2ccccc2)c2c1CCNC2. The zero-order valence-electron chi connectivity index (χ0n) is 14.5. The van der Waals surface area contributed by atoms with Gasteiger partial charge in [-0.25, -0.2) is 4.79 Å². The van der Waals surface area contributed by atoms with Crippen molar-refractivity contribution in [2.75, 3.05) is 11.9 Å². The van der Waals surface area contributed by atoms with Gasteiger partial charge in [0.15, 0.2) is 0 Å². The third-order valence-corrected chi connectivity index (χ3v) is 4.01. The molecule has 0 spiro atoms. The maximum absolute atomic E-state index is 12.1. The van der Waals surface area contributed by atoms with E-state index in [0.29, 0.717) is 0 Å². The Morgan fingerprint density at radius 2 is 1.83 bits per heavy atom. The van der Waals surface area contributed by atoms with Crippen LogP contribution in [0.3, 0.4) is 0 Å². The smallest absolute Gasteiger partial charge is 0.412 e. The number of anilines is 1. The average molecular weight is 324 g/mol. The summed E-state index contributed by atoms with van der Waals surface area (Å²) >= 11 is 0. The summed E-state index contributed by atoms with van der Waals surface area (Å²) in [5, 5.41) is 6.34. The molecule has 0 unspecified atom stereocenters. The molecule has 1 aliphatic rings. The van der Waals surface area contributed by atoms with Crippen molar-refractivity contribution >= 4 is 11.8 Å². The summed E-state index contributed by atoms with van der Waals surface area (Å²) in [4.78, 5) is 12.1. The van der Waals surface area contributed by atoms with Crippen molar-refractivity contribution in [2.24, 2.45) is 0 Å². The lowest BCUT2D eigenvalue weighted by Crippen LogP contribution is -2.29. The number of benzene rings is 2. The van der Waals surface area contributed by atoms with Crippen molar-refractivity contribution in [2.45, 2.75) is 39.3 Å². The monoisotopic (exact) mass is 324 g/mol. The molecule has 2 N–H and O–H groups in total. The van der Waals surface area contributed by atoms with E-state index in [9.17, 15) is 4.79 Å². The van der Waals surface area contributed by atoms with E-state index in [2.05, 4.69) is 28.8 Å². The molecule has 2 aromatic carbocycles. The predicted molar refractivity (Wildman–Crippen MR) is 97.1 cm³/mol. The second-order valence-electron chi connectivity index (χ2n) is 7.04. The minimum Gasteiger partial charge on any atom is -0.444 e. The van der Waals surface area contributed by atoms with E-state index in [4.69, 9.17) is 4.74 Å². The maximum Gasteiger partial charge on any atom is 0.412 e. The Labute approximate surface area is 143 Å². The van der Waals surface area contributed by atoms with Crippen molar-refractivity contribution < 1.29 is 9.53 Å². The lowest BCUT2D eigenvalue weighted by atomic mass is 9.90. The number of amides is 1. The van der Waals surface area contributed by atoms with Crippen LogP contribution in [0, 0.1) is 0 Å². The van der Waals surface area contributed by atoms with Gasteiger partial charge < -0.3 is 10.1 Å². The number of hydrogen-bond donors (Lipinski definition) is 2. The van der Waals surface area contributed by atoms with E-state index in [1.807, 2.05) is 45.0 Å². The Hall–Kier alpha value is -2.33. The van der Waals surface area contributed by atoms with Gasteiger partial charge in [0.2, 0.25) is 0 Å². The number of fused-ring (bicyclic) bond motifs is 1. The number of carbonyl (C=O) groups is 1. The normalized spacial score (nSPS) is 14.0. The highest BCUT2D eigenvalue weighted by molar-refractivity contribution is 5.88. The molecular formula is C20H24N2O2. The van der Waals surface area contributed by atoms with Crippen LogP contribution in [-0.4, -0.2) is 18.2 Å². The topological polar surface area (TPSA) is 50.4 Å². The van der Waals surface area contributed by atoms with Crippen LogP contribution in [0.1, 0.15) is 31.9 Å². The molecule has 0 saturated carbocycles. The first-order valence-electron chi connectivity index (χ1n) is 8.35. The first-order chi connectivity index (χ1) is 11.4. The van der Waals surface area contributed by atoms with Crippen LogP contribution in [0.2, 0.25) is 0 Å². The van der Waals surface area contributed by atoms with Gasteiger partial charge in [0.05, 0.1) is 0 Å². The third-order valence-electron chi connectivity index (χ3n) is 4.01. The van der Waals surface area contributed by atoms with E-state index in [1.165, 1.54) is 22.3 Å². The van der Waals surface area contributed by atoms with Crippen LogP contribution >= 0.6 is 0 Å². The Morgan fingerprint density at radius 3 is 2.54 bits per heavy atom. The van der Waals surface area contributed by atoms with Crippen LogP contribution in [0.15, 0.2) is 42.5 Å². The van der Waals surface area contributed by atoms with Gasteiger partial charge in [-0.3, -0.25) is 5.32 Å². The molecule has 2 aromatic rings. The van der Waals surface area contributed by atoms with E-state index >= 15 is 0 Å². The van der Waals surface area contributed by atoms with Crippen molar-refractivity contribution in [1.29, 1.82) is 0 Å².